The van der Waals surface area contributed by atoms with Crippen LogP contribution in [0.5, 0.6) is 5.75 Å². The molecule has 2 aromatic rings. The van der Waals surface area contributed by atoms with Crippen molar-refractivity contribution < 1.29 is 18.7 Å². The Bertz CT molecular complexity index is 771. The average molecular weight is 340 g/mol. The van der Waals surface area contributed by atoms with Gasteiger partial charge in [-0.15, -0.1) is 0 Å². The topological polar surface area (TPSA) is 77.8 Å². The van der Waals surface area contributed by atoms with Crippen molar-refractivity contribution in [2.75, 3.05) is 20.3 Å². The smallest absolute Gasteiger partial charge is 0.336 e. The van der Waals surface area contributed by atoms with Gasteiger partial charge in [-0.3, -0.25) is 4.79 Å². The zero-order valence-corrected chi connectivity index (χ0v) is 13.9. The lowest BCUT2D eigenvalue weighted by molar-refractivity contribution is -0.124. The third-order valence-electron chi connectivity index (χ3n) is 3.19. The summed E-state index contributed by atoms with van der Waals surface area (Å²) in [7, 11) is 1.56. The Labute approximate surface area is 138 Å². The molecule has 0 spiro atoms. The predicted molar refractivity (Wildman–Crippen MR) is 87.2 cm³/mol. The average Bonchev–Trinajstić information content (AvgIpc) is 2.46. The first kappa shape index (κ1) is 17.3. The molecule has 0 aliphatic rings. The molecule has 1 aromatic heterocycles. The lowest BCUT2D eigenvalue weighted by atomic mass is 10.1. The molecule has 1 atom stereocenters. The number of nitrogens with one attached hydrogen (secondary N) is 1. The molecule has 0 bridgehead atoms. The second-order valence-electron chi connectivity index (χ2n) is 5.24. The van der Waals surface area contributed by atoms with Crippen LogP contribution < -0.4 is 15.7 Å². The van der Waals surface area contributed by atoms with Crippen LogP contribution in [0.15, 0.2) is 27.4 Å². The number of aryl methyl sites for hydroxylation is 1. The van der Waals surface area contributed by atoms with E-state index in [4.69, 9.17) is 25.5 Å². The molecular weight excluding hydrogens is 322 g/mol. The molecule has 2 rings (SSSR count). The monoisotopic (exact) mass is 339 g/mol. The van der Waals surface area contributed by atoms with Gasteiger partial charge in [-0.25, -0.2) is 4.79 Å². The van der Waals surface area contributed by atoms with Crippen molar-refractivity contribution in [1.29, 1.82) is 0 Å². The summed E-state index contributed by atoms with van der Waals surface area (Å²) in [5.74, 6) is -0.0149. The van der Waals surface area contributed by atoms with E-state index in [1.807, 2.05) is 6.92 Å². The van der Waals surface area contributed by atoms with Crippen molar-refractivity contribution >= 4 is 28.5 Å². The molecule has 1 aromatic carbocycles. The molecule has 6 nitrogen and oxygen atoms in total. The summed E-state index contributed by atoms with van der Waals surface area (Å²) >= 11 is 6.16. The minimum Gasteiger partial charge on any atom is -0.482 e. The molecule has 1 heterocycles. The van der Waals surface area contributed by atoms with E-state index in [1.165, 1.54) is 12.1 Å². The van der Waals surface area contributed by atoms with Gasteiger partial charge in [0, 0.05) is 30.7 Å². The number of fused-ring (bicyclic) bond motifs is 1. The molecule has 0 saturated heterocycles. The summed E-state index contributed by atoms with van der Waals surface area (Å²) in [5, 5.41) is 3.78. The van der Waals surface area contributed by atoms with Crippen LogP contribution in [0.2, 0.25) is 5.02 Å². The van der Waals surface area contributed by atoms with Crippen LogP contribution in [-0.4, -0.2) is 32.3 Å². The molecular formula is C16H18ClNO5. The lowest BCUT2D eigenvalue weighted by Gasteiger charge is -2.14. The normalized spacial score (nSPS) is 12.2. The summed E-state index contributed by atoms with van der Waals surface area (Å²) < 4.78 is 15.5. The van der Waals surface area contributed by atoms with Gasteiger partial charge in [0.2, 0.25) is 0 Å². The maximum atomic E-state index is 11.8. The predicted octanol–water partition coefficient (Wildman–Crippen LogP) is 2.28. The summed E-state index contributed by atoms with van der Waals surface area (Å²) in [6.07, 6.45) is 0. The Morgan fingerprint density at radius 2 is 2.13 bits per heavy atom. The van der Waals surface area contributed by atoms with Crippen molar-refractivity contribution in [3.8, 4) is 5.75 Å². The minimum absolute atomic E-state index is 0.121. The van der Waals surface area contributed by atoms with Crippen LogP contribution >= 0.6 is 11.6 Å². The van der Waals surface area contributed by atoms with Gasteiger partial charge < -0.3 is 19.2 Å². The van der Waals surface area contributed by atoms with Gasteiger partial charge in [0.1, 0.15) is 11.3 Å². The van der Waals surface area contributed by atoms with E-state index in [2.05, 4.69) is 5.32 Å². The Morgan fingerprint density at radius 1 is 1.39 bits per heavy atom. The number of hydrogen-bond acceptors (Lipinski definition) is 5. The van der Waals surface area contributed by atoms with Crippen molar-refractivity contribution in [2.45, 2.75) is 19.9 Å². The number of halogens is 1. The molecule has 23 heavy (non-hydrogen) atoms. The van der Waals surface area contributed by atoms with Crippen LogP contribution in [0.3, 0.4) is 0 Å². The highest BCUT2D eigenvalue weighted by Gasteiger charge is 2.12. The summed E-state index contributed by atoms with van der Waals surface area (Å²) in [6, 6.07) is 4.43. The zero-order valence-electron chi connectivity index (χ0n) is 13.1. The molecule has 0 radical (unpaired) electrons. The van der Waals surface area contributed by atoms with E-state index < -0.39 is 5.63 Å². The number of benzene rings is 1. The van der Waals surface area contributed by atoms with E-state index in [0.29, 0.717) is 17.2 Å². The van der Waals surface area contributed by atoms with Crippen molar-refractivity contribution in [3.05, 3.63) is 39.2 Å². The summed E-state index contributed by atoms with van der Waals surface area (Å²) in [5.41, 5.74) is 0.674. The Balaban J connectivity index is 2.13. The largest absolute Gasteiger partial charge is 0.482 e. The summed E-state index contributed by atoms with van der Waals surface area (Å²) in [4.78, 5) is 23.2. The van der Waals surface area contributed by atoms with Gasteiger partial charge in [-0.1, -0.05) is 11.6 Å². The highest BCUT2D eigenvalue weighted by atomic mass is 35.5. The molecule has 0 unspecified atom stereocenters. The molecule has 0 aliphatic heterocycles. The number of hydrogen-bond donors (Lipinski definition) is 1. The second-order valence-corrected chi connectivity index (χ2v) is 5.65. The number of methoxy groups -OCH3 is 1. The van der Waals surface area contributed by atoms with E-state index in [-0.39, 0.29) is 24.3 Å². The maximum Gasteiger partial charge on any atom is 0.336 e. The van der Waals surface area contributed by atoms with Crippen molar-refractivity contribution in [1.82, 2.24) is 5.32 Å². The first-order valence-corrected chi connectivity index (χ1v) is 7.43. The standard InChI is InChI=1S/C16H18ClNO5/c1-9-4-16(20)23-13-6-14(12(17)5-11(9)13)22-8-15(19)18-10(2)7-21-3/h4-6,10H,7-8H2,1-3H3,(H,18,19)/t10-/m1/s1. The zero-order chi connectivity index (χ0) is 17.0. The number of carbonyl (C=O) groups excluding carboxylic acids is 1. The summed E-state index contributed by atoms with van der Waals surface area (Å²) in [6.45, 7) is 3.82. The number of rotatable bonds is 6. The fourth-order valence-corrected chi connectivity index (χ4v) is 2.40. The van der Waals surface area contributed by atoms with E-state index in [9.17, 15) is 9.59 Å². The molecule has 1 N–H and O–H groups in total. The van der Waals surface area contributed by atoms with Gasteiger partial charge in [-0.2, -0.15) is 0 Å². The van der Waals surface area contributed by atoms with Crippen LogP contribution in [-0.2, 0) is 9.53 Å². The highest BCUT2D eigenvalue weighted by molar-refractivity contribution is 6.32. The lowest BCUT2D eigenvalue weighted by Crippen LogP contribution is -2.38. The van der Waals surface area contributed by atoms with Gasteiger partial charge in [-0.05, 0) is 25.5 Å². The van der Waals surface area contributed by atoms with E-state index >= 15 is 0 Å². The molecule has 1 amide bonds. The third-order valence-corrected chi connectivity index (χ3v) is 3.48. The highest BCUT2D eigenvalue weighted by Crippen LogP contribution is 2.30. The number of ether oxygens (including phenoxy) is 2. The quantitative estimate of drug-likeness (QED) is 0.817. The first-order chi connectivity index (χ1) is 10.9. The van der Waals surface area contributed by atoms with Gasteiger partial charge >= 0.3 is 5.63 Å². The van der Waals surface area contributed by atoms with Gasteiger partial charge in [0.05, 0.1) is 11.6 Å². The van der Waals surface area contributed by atoms with E-state index in [0.717, 1.165) is 10.9 Å². The van der Waals surface area contributed by atoms with Crippen LogP contribution in [0.25, 0.3) is 11.0 Å². The van der Waals surface area contributed by atoms with Crippen molar-refractivity contribution in [3.63, 3.8) is 0 Å². The minimum atomic E-state index is -0.450. The maximum absolute atomic E-state index is 11.8. The fraction of sp³-hybridized carbons (Fsp3) is 0.375. The van der Waals surface area contributed by atoms with Gasteiger partial charge in [0.15, 0.2) is 6.61 Å². The van der Waals surface area contributed by atoms with Crippen LogP contribution in [0.1, 0.15) is 12.5 Å². The fourth-order valence-electron chi connectivity index (χ4n) is 2.18. The van der Waals surface area contributed by atoms with Crippen LogP contribution in [0, 0.1) is 6.92 Å². The number of carbonyl (C=O) groups is 1. The molecule has 7 heteroatoms. The Morgan fingerprint density at radius 3 is 2.83 bits per heavy atom. The van der Waals surface area contributed by atoms with E-state index in [1.54, 1.807) is 20.1 Å². The van der Waals surface area contributed by atoms with Crippen LogP contribution in [0.4, 0.5) is 0 Å². The molecule has 0 saturated carbocycles. The SMILES string of the molecule is COC[C@@H](C)NC(=O)COc1cc2oc(=O)cc(C)c2cc1Cl. The first-order valence-electron chi connectivity index (χ1n) is 7.06. The molecule has 0 fully saturated rings. The third kappa shape index (κ3) is 4.46. The van der Waals surface area contributed by atoms with Gasteiger partial charge in [0.25, 0.3) is 5.91 Å². The van der Waals surface area contributed by atoms with Crippen molar-refractivity contribution in [2.24, 2.45) is 0 Å². The second kappa shape index (κ2) is 7.48. The Kier molecular flexibility index (Phi) is 5.63. The molecule has 0 aliphatic carbocycles. The number of amides is 1. The molecule has 124 valence electrons. The Hall–Kier alpha value is -2.05.